The molecule has 3 N–H and O–H groups in total. The molecule has 1 aromatic heterocycles. The number of benzene rings is 1. The van der Waals surface area contributed by atoms with E-state index in [-0.39, 0.29) is 11.9 Å². The van der Waals surface area contributed by atoms with Crippen LogP contribution in [0.3, 0.4) is 0 Å². The van der Waals surface area contributed by atoms with E-state index in [1.807, 2.05) is 32.0 Å². The molecule has 0 unspecified atom stereocenters. The second-order valence-electron chi connectivity index (χ2n) is 4.86. The Morgan fingerprint density at radius 1 is 1.52 bits per heavy atom. The first-order valence-electron chi connectivity index (χ1n) is 6.90. The number of nitrogens with one attached hydrogen (secondary N) is 1. The van der Waals surface area contributed by atoms with Crippen LogP contribution in [0.4, 0.5) is 0 Å². The van der Waals surface area contributed by atoms with Crippen LogP contribution in [0.15, 0.2) is 30.5 Å². The van der Waals surface area contributed by atoms with Crippen LogP contribution < -0.4 is 11.1 Å². The Morgan fingerprint density at radius 2 is 2.29 bits per heavy atom. The molecule has 2 aromatic rings. The van der Waals surface area contributed by atoms with Gasteiger partial charge in [0.15, 0.2) is 0 Å². The first-order chi connectivity index (χ1) is 10.1. The molecule has 0 saturated carbocycles. The summed E-state index contributed by atoms with van der Waals surface area (Å²) in [6.45, 7) is 4.25. The molecule has 21 heavy (non-hydrogen) atoms. The molecule has 1 aromatic carbocycles. The fourth-order valence-corrected chi connectivity index (χ4v) is 2.28. The van der Waals surface area contributed by atoms with Crippen LogP contribution in [0.2, 0.25) is 5.02 Å². The van der Waals surface area contributed by atoms with Gasteiger partial charge in [-0.05, 0) is 31.5 Å². The van der Waals surface area contributed by atoms with Crippen molar-refractivity contribution in [3.05, 3.63) is 46.7 Å². The number of halogens is 1. The molecule has 0 fully saturated rings. The van der Waals surface area contributed by atoms with Crippen molar-refractivity contribution in [2.24, 2.45) is 5.73 Å². The maximum Gasteiger partial charge on any atom is 0.255 e. The van der Waals surface area contributed by atoms with Gasteiger partial charge in [0.25, 0.3) is 5.91 Å². The summed E-state index contributed by atoms with van der Waals surface area (Å²) >= 11 is 6.01. The Kier molecular flexibility index (Phi) is 4.98. The number of nitrogens with zero attached hydrogens (tertiary/aromatic N) is 2. The Balaban J connectivity index is 2.36. The number of rotatable bonds is 5. The van der Waals surface area contributed by atoms with Gasteiger partial charge >= 0.3 is 0 Å². The third-order valence-corrected chi connectivity index (χ3v) is 3.47. The third-order valence-electron chi connectivity index (χ3n) is 3.23. The predicted octanol–water partition coefficient (Wildman–Crippen LogP) is 2.17. The summed E-state index contributed by atoms with van der Waals surface area (Å²) < 4.78 is 1.74. The smallest absolute Gasteiger partial charge is 0.255 e. The van der Waals surface area contributed by atoms with E-state index in [1.54, 1.807) is 16.9 Å². The average Bonchev–Trinajstić information content (AvgIpc) is 2.90. The number of amides is 1. The predicted molar refractivity (Wildman–Crippen MR) is 83.9 cm³/mol. The summed E-state index contributed by atoms with van der Waals surface area (Å²) in [7, 11) is 0. The fourth-order valence-electron chi connectivity index (χ4n) is 2.09. The van der Waals surface area contributed by atoms with Gasteiger partial charge in [0.1, 0.15) is 0 Å². The Bertz CT molecular complexity index is 638. The molecule has 6 heteroatoms. The standard InChI is InChI=1S/C15H19ClN4O/c1-3-14-13(15(21)19-10(2)8-17)9-18-20(14)12-6-4-5-11(16)7-12/h4-7,9-10H,3,8,17H2,1-2H3,(H,19,21)/t10-/m0/s1. The minimum Gasteiger partial charge on any atom is -0.348 e. The van der Waals surface area contributed by atoms with Gasteiger partial charge in [-0.2, -0.15) is 5.10 Å². The van der Waals surface area contributed by atoms with E-state index >= 15 is 0 Å². The molecule has 0 bridgehead atoms. The van der Waals surface area contributed by atoms with E-state index in [2.05, 4.69) is 10.4 Å². The fraction of sp³-hybridized carbons (Fsp3) is 0.333. The van der Waals surface area contributed by atoms with Gasteiger partial charge in [-0.3, -0.25) is 4.79 Å². The number of nitrogens with two attached hydrogens (primary N) is 1. The van der Waals surface area contributed by atoms with Crippen LogP contribution in [0.5, 0.6) is 0 Å². The van der Waals surface area contributed by atoms with Gasteiger partial charge in [0.2, 0.25) is 0 Å². The zero-order valence-corrected chi connectivity index (χ0v) is 12.9. The second kappa shape index (κ2) is 6.74. The first-order valence-corrected chi connectivity index (χ1v) is 7.28. The number of hydrogen-bond donors (Lipinski definition) is 2. The third kappa shape index (κ3) is 3.43. The molecule has 1 amide bonds. The van der Waals surface area contributed by atoms with Crippen molar-refractivity contribution >= 4 is 17.5 Å². The van der Waals surface area contributed by atoms with E-state index in [4.69, 9.17) is 17.3 Å². The van der Waals surface area contributed by atoms with Crippen LogP contribution in [0.1, 0.15) is 29.9 Å². The lowest BCUT2D eigenvalue weighted by molar-refractivity contribution is 0.0940. The summed E-state index contributed by atoms with van der Waals surface area (Å²) in [5, 5.41) is 7.80. The molecule has 2 rings (SSSR count). The molecule has 0 aliphatic rings. The molecule has 112 valence electrons. The van der Waals surface area contributed by atoms with E-state index in [9.17, 15) is 4.79 Å². The van der Waals surface area contributed by atoms with Crippen molar-refractivity contribution in [3.8, 4) is 5.69 Å². The highest BCUT2D eigenvalue weighted by Gasteiger charge is 2.18. The Morgan fingerprint density at radius 3 is 2.90 bits per heavy atom. The summed E-state index contributed by atoms with van der Waals surface area (Å²) in [6, 6.07) is 7.31. The number of carbonyl (C=O) groups is 1. The lowest BCUT2D eigenvalue weighted by Gasteiger charge is -2.12. The van der Waals surface area contributed by atoms with Crippen molar-refractivity contribution in [1.82, 2.24) is 15.1 Å². The molecule has 0 radical (unpaired) electrons. The van der Waals surface area contributed by atoms with E-state index in [1.165, 1.54) is 0 Å². The topological polar surface area (TPSA) is 72.9 Å². The van der Waals surface area contributed by atoms with E-state index < -0.39 is 0 Å². The highest BCUT2D eigenvalue weighted by atomic mass is 35.5. The van der Waals surface area contributed by atoms with Gasteiger partial charge in [-0.15, -0.1) is 0 Å². The molecule has 1 atom stereocenters. The number of hydrogen-bond acceptors (Lipinski definition) is 3. The van der Waals surface area contributed by atoms with Gasteiger partial charge in [-0.1, -0.05) is 24.6 Å². The minimum atomic E-state index is -0.155. The van der Waals surface area contributed by atoms with Gasteiger partial charge in [0, 0.05) is 17.6 Å². The quantitative estimate of drug-likeness (QED) is 0.889. The lowest BCUT2D eigenvalue weighted by atomic mass is 10.1. The first kappa shape index (κ1) is 15.5. The Labute approximate surface area is 129 Å². The molecule has 0 saturated heterocycles. The normalized spacial score (nSPS) is 12.2. The molecule has 5 nitrogen and oxygen atoms in total. The monoisotopic (exact) mass is 306 g/mol. The summed E-state index contributed by atoms with van der Waals surface area (Å²) in [4.78, 5) is 12.3. The summed E-state index contributed by atoms with van der Waals surface area (Å²) in [5.74, 6) is -0.155. The van der Waals surface area contributed by atoms with Crippen LogP contribution in [0, 0.1) is 0 Å². The van der Waals surface area contributed by atoms with E-state index in [0.29, 0.717) is 23.6 Å². The highest BCUT2D eigenvalue weighted by molar-refractivity contribution is 6.30. The second-order valence-corrected chi connectivity index (χ2v) is 5.30. The van der Waals surface area contributed by atoms with Gasteiger partial charge in [-0.25, -0.2) is 4.68 Å². The zero-order valence-electron chi connectivity index (χ0n) is 12.1. The molecule has 0 aliphatic heterocycles. The molecular formula is C15H19ClN4O. The van der Waals surface area contributed by atoms with Crippen molar-refractivity contribution < 1.29 is 4.79 Å². The van der Waals surface area contributed by atoms with Crippen molar-refractivity contribution in [3.63, 3.8) is 0 Å². The Hall–Kier alpha value is -1.85. The van der Waals surface area contributed by atoms with Crippen molar-refractivity contribution in [1.29, 1.82) is 0 Å². The molecule has 0 aliphatic carbocycles. The van der Waals surface area contributed by atoms with Crippen LogP contribution >= 0.6 is 11.6 Å². The highest BCUT2D eigenvalue weighted by Crippen LogP contribution is 2.19. The van der Waals surface area contributed by atoms with Crippen molar-refractivity contribution in [2.75, 3.05) is 6.54 Å². The lowest BCUT2D eigenvalue weighted by Crippen LogP contribution is -2.38. The molecular weight excluding hydrogens is 288 g/mol. The largest absolute Gasteiger partial charge is 0.348 e. The number of carbonyl (C=O) groups excluding carboxylic acids is 1. The SMILES string of the molecule is CCc1c(C(=O)N[C@@H](C)CN)cnn1-c1cccc(Cl)c1. The molecule has 0 spiro atoms. The van der Waals surface area contributed by atoms with Crippen molar-refractivity contribution in [2.45, 2.75) is 26.3 Å². The van der Waals surface area contributed by atoms with Crippen LogP contribution in [-0.2, 0) is 6.42 Å². The summed E-state index contributed by atoms with van der Waals surface area (Å²) in [6.07, 6.45) is 2.27. The zero-order chi connectivity index (χ0) is 15.4. The number of aromatic nitrogens is 2. The maximum atomic E-state index is 12.3. The van der Waals surface area contributed by atoms with E-state index in [0.717, 1.165) is 11.4 Å². The molecule has 1 heterocycles. The van der Waals surface area contributed by atoms with Crippen LogP contribution in [-0.4, -0.2) is 28.3 Å². The average molecular weight is 307 g/mol. The maximum absolute atomic E-state index is 12.3. The van der Waals surface area contributed by atoms with Gasteiger partial charge in [0.05, 0.1) is 23.1 Å². The minimum absolute atomic E-state index is 0.0725. The summed E-state index contributed by atoms with van der Waals surface area (Å²) in [5.41, 5.74) is 7.78. The van der Waals surface area contributed by atoms with Gasteiger partial charge < -0.3 is 11.1 Å². The van der Waals surface area contributed by atoms with Crippen LogP contribution in [0.25, 0.3) is 5.69 Å².